The van der Waals surface area contributed by atoms with Crippen LogP contribution in [0.1, 0.15) is 18.1 Å². The third-order valence-corrected chi connectivity index (χ3v) is 2.65. The van der Waals surface area contributed by atoms with Gasteiger partial charge in [-0.1, -0.05) is 0 Å². The second kappa shape index (κ2) is 9.23. The van der Waals surface area contributed by atoms with Crippen LogP contribution in [0.2, 0.25) is 0 Å². The molecule has 0 saturated carbocycles. The minimum Gasteiger partial charge on any atom is -0.497 e. The van der Waals surface area contributed by atoms with Gasteiger partial charge in [0.15, 0.2) is 0 Å². The van der Waals surface area contributed by atoms with Crippen molar-refractivity contribution < 1.29 is 42.8 Å². The summed E-state index contributed by atoms with van der Waals surface area (Å²) in [6.07, 6.45) is -2.22. The second-order valence-electron chi connectivity index (χ2n) is 4.50. The predicted octanol–water partition coefficient (Wildman–Crippen LogP) is 2.46. The Balaban J connectivity index is 2.39. The van der Waals surface area contributed by atoms with Crippen LogP contribution in [0, 0.1) is 13.8 Å². The van der Waals surface area contributed by atoms with Crippen molar-refractivity contribution in [2.45, 2.75) is 20.8 Å². The molecule has 0 radical (unpaired) electrons. The van der Waals surface area contributed by atoms with Gasteiger partial charge in [-0.3, -0.25) is 4.79 Å². The van der Waals surface area contributed by atoms with Crippen molar-refractivity contribution in [2.75, 3.05) is 20.7 Å². The van der Waals surface area contributed by atoms with Crippen LogP contribution in [0.15, 0.2) is 12.1 Å². The summed E-state index contributed by atoms with van der Waals surface area (Å²) in [6.45, 7) is 3.31. The Kier molecular flexibility index (Phi) is 7.34. The molecule has 0 saturated heterocycles. The molecule has 9 heteroatoms. The molecule has 0 aromatic heterocycles. The first kappa shape index (κ1) is 19.1. The Morgan fingerprint density at radius 1 is 0.875 bits per heavy atom. The van der Waals surface area contributed by atoms with Gasteiger partial charge in [0.2, 0.25) is 13.6 Å². The van der Waals surface area contributed by atoms with Gasteiger partial charge in [0.1, 0.15) is 11.5 Å². The number of hydrogen-bond acceptors (Lipinski definition) is 9. The molecule has 132 valence electrons. The normalized spacial score (nSPS) is 9.67. The van der Waals surface area contributed by atoms with E-state index in [1.165, 1.54) is 7.11 Å². The Hall–Kier alpha value is -2.97. The maximum atomic E-state index is 11.6. The van der Waals surface area contributed by atoms with Crippen LogP contribution in [0.3, 0.4) is 0 Å². The van der Waals surface area contributed by atoms with Crippen LogP contribution in [-0.4, -0.2) is 39.0 Å². The number of carbonyl (C=O) groups excluding carboxylic acids is 3. The van der Waals surface area contributed by atoms with Crippen molar-refractivity contribution >= 4 is 18.3 Å². The highest BCUT2D eigenvalue weighted by Gasteiger charge is 2.14. The number of carbonyl (C=O) groups is 3. The number of esters is 1. The summed E-state index contributed by atoms with van der Waals surface area (Å²) >= 11 is 0. The van der Waals surface area contributed by atoms with Crippen LogP contribution in [0.4, 0.5) is 9.59 Å². The quantitative estimate of drug-likeness (QED) is 0.437. The SMILES string of the molecule is COc1cc(C)c(OC(=O)OCOC(=O)OCOC(C)=O)c(C)c1. The molecule has 1 aromatic carbocycles. The van der Waals surface area contributed by atoms with Gasteiger partial charge in [-0.25, -0.2) is 9.59 Å². The van der Waals surface area contributed by atoms with E-state index in [1.807, 2.05) is 0 Å². The van der Waals surface area contributed by atoms with Gasteiger partial charge >= 0.3 is 18.3 Å². The van der Waals surface area contributed by atoms with Gasteiger partial charge < -0.3 is 28.4 Å². The maximum absolute atomic E-state index is 11.6. The number of benzene rings is 1. The summed E-state index contributed by atoms with van der Waals surface area (Å²) in [4.78, 5) is 33.1. The van der Waals surface area contributed by atoms with Crippen LogP contribution in [0.5, 0.6) is 11.5 Å². The molecule has 0 N–H and O–H groups in total. The molecule has 0 bridgehead atoms. The Labute approximate surface area is 138 Å². The zero-order valence-corrected chi connectivity index (χ0v) is 13.7. The van der Waals surface area contributed by atoms with Gasteiger partial charge in [-0.05, 0) is 37.1 Å². The van der Waals surface area contributed by atoms with E-state index >= 15 is 0 Å². The highest BCUT2D eigenvalue weighted by atomic mass is 16.8. The van der Waals surface area contributed by atoms with Crippen LogP contribution in [0.25, 0.3) is 0 Å². The average Bonchev–Trinajstić information content (AvgIpc) is 2.50. The molecule has 0 spiro atoms. The summed E-state index contributed by atoms with van der Waals surface area (Å²) in [5.74, 6) is 0.329. The molecule has 1 aromatic rings. The lowest BCUT2D eigenvalue weighted by Crippen LogP contribution is -2.18. The Bertz CT molecular complexity index is 586. The van der Waals surface area contributed by atoms with Crippen LogP contribution >= 0.6 is 0 Å². The van der Waals surface area contributed by atoms with E-state index in [1.54, 1.807) is 26.0 Å². The number of ether oxygens (including phenoxy) is 6. The molecule has 24 heavy (non-hydrogen) atoms. The topological polar surface area (TPSA) is 107 Å². The molecule has 0 aliphatic carbocycles. The van der Waals surface area contributed by atoms with E-state index in [-0.39, 0.29) is 0 Å². The van der Waals surface area contributed by atoms with Crippen molar-refractivity contribution in [3.8, 4) is 11.5 Å². The monoisotopic (exact) mass is 342 g/mol. The van der Waals surface area contributed by atoms with E-state index in [9.17, 15) is 14.4 Å². The first-order chi connectivity index (χ1) is 11.3. The van der Waals surface area contributed by atoms with Gasteiger partial charge in [-0.15, -0.1) is 0 Å². The number of aryl methyl sites for hydroxylation is 2. The zero-order valence-electron chi connectivity index (χ0n) is 13.7. The van der Waals surface area contributed by atoms with Crippen molar-refractivity contribution in [1.29, 1.82) is 0 Å². The maximum Gasteiger partial charge on any atom is 0.516 e. The lowest BCUT2D eigenvalue weighted by atomic mass is 10.1. The van der Waals surface area contributed by atoms with E-state index in [0.717, 1.165) is 6.92 Å². The fraction of sp³-hybridized carbons (Fsp3) is 0.400. The molecular formula is C15H18O9. The zero-order chi connectivity index (χ0) is 18.1. The van der Waals surface area contributed by atoms with Crippen LogP contribution < -0.4 is 9.47 Å². The van der Waals surface area contributed by atoms with Crippen molar-refractivity contribution in [3.05, 3.63) is 23.3 Å². The largest absolute Gasteiger partial charge is 0.516 e. The fourth-order valence-corrected chi connectivity index (χ4v) is 1.63. The summed E-state index contributed by atoms with van der Waals surface area (Å²) in [6, 6.07) is 3.39. The van der Waals surface area contributed by atoms with Gasteiger partial charge in [0.05, 0.1) is 7.11 Å². The first-order valence-electron chi connectivity index (χ1n) is 6.76. The molecule has 0 amide bonds. The Morgan fingerprint density at radius 2 is 1.38 bits per heavy atom. The molecule has 0 aliphatic heterocycles. The molecule has 9 nitrogen and oxygen atoms in total. The lowest BCUT2D eigenvalue weighted by molar-refractivity contribution is -0.151. The van der Waals surface area contributed by atoms with Crippen LogP contribution in [-0.2, 0) is 23.7 Å². The van der Waals surface area contributed by atoms with E-state index in [4.69, 9.17) is 9.47 Å². The van der Waals surface area contributed by atoms with Gasteiger partial charge in [0, 0.05) is 6.92 Å². The average molecular weight is 342 g/mol. The van der Waals surface area contributed by atoms with Gasteiger partial charge in [0.25, 0.3) is 0 Å². The van der Waals surface area contributed by atoms with E-state index in [0.29, 0.717) is 22.6 Å². The lowest BCUT2D eigenvalue weighted by Gasteiger charge is -2.12. The van der Waals surface area contributed by atoms with Crippen molar-refractivity contribution in [1.82, 2.24) is 0 Å². The summed E-state index contributed by atoms with van der Waals surface area (Å²) in [5.41, 5.74) is 1.34. The number of hydrogen-bond donors (Lipinski definition) is 0. The van der Waals surface area contributed by atoms with Gasteiger partial charge in [-0.2, -0.15) is 0 Å². The smallest absolute Gasteiger partial charge is 0.497 e. The molecule has 0 atom stereocenters. The Morgan fingerprint density at radius 3 is 1.88 bits per heavy atom. The molecule has 0 aliphatic rings. The standard InChI is InChI=1S/C15H18O9/c1-9-5-12(19-4)6-10(2)13(9)24-15(18)23-8-22-14(17)21-7-20-11(3)16/h5-6H,7-8H2,1-4H3. The number of methoxy groups -OCH3 is 1. The summed E-state index contributed by atoms with van der Waals surface area (Å²) in [5, 5.41) is 0. The third kappa shape index (κ3) is 6.42. The van der Waals surface area contributed by atoms with Crippen molar-refractivity contribution in [3.63, 3.8) is 0 Å². The molecule has 0 unspecified atom stereocenters. The molecule has 0 heterocycles. The fourth-order valence-electron chi connectivity index (χ4n) is 1.63. The van der Waals surface area contributed by atoms with E-state index < -0.39 is 31.9 Å². The third-order valence-electron chi connectivity index (χ3n) is 2.65. The minimum atomic E-state index is -1.17. The minimum absolute atomic E-state index is 0.318. The second-order valence-corrected chi connectivity index (χ2v) is 4.50. The number of rotatable bonds is 6. The highest BCUT2D eigenvalue weighted by Crippen LogP contribution is 2.28. The molecule has 1 rings (SSSR count). The predicted molar refractivity (Wildman–Crippen MR) is 78.6 cm³/mol. The molecule has 0 fully saturated rings. The van der Waals surface area contributed by atoms with Crippen molar-refractivity contribution in [2.24, 2.45) is 0 Å². The summed E-state index contributed by atoms with van der Waals surface area (Å²) in [7, 11) is 1.53. The summed E-state index contributed by atoms with van der Waals surface area (Å²) < 4.78 is 27.9. The molecular weight excluding hydrogens is 324 g/mol. The highest BCUT2D eigenvalue weighted by molar-refractivity contribution is 5.67. The first-order valence-corrected chi connectivity index (χ1v) is 6.76. The van der Waals surface area contributed by atoms with E-state index in [2.05, 4.69) is 18.9 Å².